The van der Waals surface area contributed by atoms with Crippen LogP contribution in [0.3, 0.4) is 0 Å². The van der Waals surface area contributed by atoms with E-state index in [1.54, 1.807) is 0 Å². The van der Waals surface area contributed by atoms with Crippen LogP contribution >= 0.6 is 11.6 Å². The Morgan fingerprint density at radius 3 is 2.14 bits per heavy atom. The van der Waals surface area contributed by atoms with Gasteiger partial charge in [0.25, 0.3) is 10.0 Å². The molecule has 0 fully saturated rings. The van der Waals surface area contributed by atoms with E-state index in [9.17, 15) is 21.6 Å². The fourth-order valence-corrected chi connectivity index (χ4v) is 2.93. The van der Waals surface area contributed by atoms with E-state index in [-0.39, 0.29) is 28.5 Å². The first-order valence-corrected chi connectivity index (χ1v) is 7.29. The van der Waals surface area contributed by atoms with E-state index in [2.05, 4.69) is 0 Å². The largest absolute Gasteiger partial charge is 0.398 e. The summed E-state index contributed by atoms with van der Waals surface area (Å²) in [4.78, 5) is -1.28. The van der Waals surface area contributed by atoms with Crippen molar-refractivity contribution in [2.75, 3.05) is 10.5 Å². The van der Waals surface area contributed by atoms with Crippen molar-refractivity contribution >= 4 is 33.0 Å². The quantitative estimate of drug-likeness (QED) is 0.846. The minimum absolute atomic E-state index is 0.0441. The van der Waals surface area contributed by atoms with Gasteiger partial charge in [-0.05, 0) is 18.2 Å². The zero-order valence-electron chi connectivity index (χ0n) is 10.2. The highest BCUT2D eigenvalue weighted by Crippen LogP contribution is 2.26. The Hall–Kier alpha value is -1.93. The molecule has 9 heteroatoms. The Morgan fingerprint density at radius 2 is 1.62 bits per heavy atom. The summed E-state index contributed by atoms with van der Waals surface area (Å²) < 4.78 is 65.7. The number of nitrogen functional groups attached to an aromatic ring is 1. The third kappa shape index (κ3) is 3.22. The Morgan fingerprint density at radius 1 is 1.05 bits per heavy atom. The number of anilines is 2. The van der Waals surface area contributed by atoms with Gasteiger partial charge in [0.1, 0.15) is 17.5 Å². The summed E-state index contributed by atoms with van der Waals surface area (Å²) in [5.74, 6) is -4.30. The fraction of sp³-hybridized carbons (Fsp3) is 0. The van der Waals surface area contributed by atoms with Gasteiger partial charge in [0.15, 0.2) is 4.90 Å². The van der Waals surface area contributed by atoms with Crippen LogP contribution < -0.4 is 10.5 Å². The molecular weight excluding hydrogens is 329 g/mol. The lowest BCUT2D eigenvalue weighted by atomic mass is 10.3. The van der Waals surface area contributed by atoms with Gasteiger partial charge in [0.2, 0.25) is 0 Å². The maximum absolute atomic E-state index is 13.5. The van der Waals surface area contributed by atoms with Crippen molar-refractivity contribution in [3.8, 4) is 0 Å². The van der Waals surface area contributed by atoms with Crippen LogP contribution in [0.4, 0.5) is 24.5 Å². The van der Waals surface area contributed by atoms with Crippen LogP contribution in [0.25, 0.3) is 0 Å². The van der Waals surface area contributed by atoms with Crippen molar-refractivity contribution in [1.29, 1.82) is 0 Å². The monoisotopic (exact) mass is 336 g/mol. The molecule has 0 aliphatic heterocycles. The number of sulfonamides is 1. The first-order chi connectivity index (χ1) is 9.70. The molecule has 0 saturated carbocycles. The summed E-state index contributed by atoms with van der Waals surface area (Å²) in [7, 11) is -4.59. The van der Waals surface area contributed by atoms with Gasteiger partial charge in [0.05, 0.1) is 16.4 Å². The summed E-state index contributed by atoms with van der Waals surface area (Å²) in [6.45, 7) is 0. The normalized spacial score (nSPS) is 11.4. The van der Waals surface area contributed by atoms with Crippen molar-refractivity contribution in [1.82, 2.24) is 0 Å². The number of rotatable bonds is 3. The molecule has 0 aromatic heterocycles. The fourth-order valence-electron chi connectivity index (χ4n) is 1.58. The summed E-state index contributed by atoms with van der Waals surface area (Å²) in [6, 6.07) is 4.30. The second-order valence-corrected chi connectivity index (χ2v) is 6.07. The smallest absolute Gasteiger partial charge is 0.267 e. The highest BCUT2D eigenvalue weighted by atomic mass is 35.5. The summed E-state index contributed by atoms with van der Waals surface area (Å²) >= 11 is 5.71. The molecule has 0 heterocycles. The molecule has 2 aromatic rings. The van der Waals surface area contributed by atoms with Crippen molar-refractivity contribution in [2.24, 2.45) is 0 Å². The SMILES string of the molecule is Nc1ccc(NS(=O)(=O)c2c(F)cc(F)cc2F)cc1Cl. The number of halogens is 4. The van der Waals surface area contributed by atoms with Crippen LogP contribution in [0.1, 0.15) is 0 Å². The zero-order chi connectivity index (χ0) is 15.8. The van der Waals surface area contributed by atoms with E-state index in [0.29, 0.717) is 0 Å². The van der Waals surface area contributed by atoms with Gasteiger partial charge in [-0.25, -0.2) is 21.6 Å². The van der Waals surface area contributed by atoms with E-state index in [0.717, 1.165) is 0 Å². The first kappa shape index (κ1) is 15.5. The molecule has 0 aliphatic carbocycles. The van der Waals surface area contributed by atoms with Crippen molar-refractivity contribution in [2.45, 2.75) is 4.90 Å². The van der Waals surface area contributed by atoms with Crippen molar-refractivity contribution < 1.29 is 21.6 Å². The molecule has 0 unspecified atom stereocenters. The lowest BCUT2D eigenvalue weighted by Crippen LogP contribution is -2.16. The van der Waals surface area contributed by atoms with E-state index in [4.69, 9.17) is 17.3 Å². The molecule has 4 nitrogen and oxygen atoms in total. The molecule has 3 N–H and O–H groups in total. The highest BCUT2D eigenvalue weighted by Gasteiger charge is 2.25. The maximum Gasteiger partial charge on any atom is 0.267 e. The van der Waals surface area contributed by atoms with Crippen LogP contribution in [0.2, 0.25) is 5.02 Å². The number of hydrogen-bond acceptors (Lipinski definition) is 3. The Bertz CT molecular complexity index is 789. The van der Waals surface area contributed by atoms with E-state index < -0.39 is 32.4 Å². The number of nitrogens with two attached hydrogens (primary N) is 1. The van der Waals surface area contributed by atoms with Gasteiger partial charge in [-0.2, -0.15) is 0 Å². The average Bonchev–Trinajstić information content (AvgIpc) is 2.31. The minimum Gasteiger partial charge on any atom is -0.398 e. The van der Waals surface area contributed by atoms with Crippen LogP contribution in [-0.2, 0) is 10.0 Å². The van der Waals surface area contributed by atoms with Gasteiger partial charge in [-0.15, -0.1) is 0 Å². The summed E-state index contributed by atoms with van der Waals surface area (Å²) in [5.41, 5.74) is 5.62. The topological polar surface area (TPSA) is 72.2 Å². The number of benzene rings is 2. The molecule has 0 aliphatic rings. The van der Waals surface area contributed by atoms with Crippen molar-refractivity contribution in [3.63, 3.8) is 0 Å². The van der Waals surface area contributed by atoms with Crippen LogP contribution in [0.5, 0.6) is 0 Å². The third-order valence-electron chi connectivity index (χ3n) is 2.48. The van der Waals surface area contributed by atoms with Gasteiger partial charge in [0, 0.05) is 12.1 Å². The molecule has 0 amide bonds. The van der Waals surface area contributed by atoms with E-state index in [1.807, 2.05) is 4.72 Å². The Labute approximate surface area is 123 Å². The zero-order valence-corrected chi connectivity index (χ0v) is 11.8. The predicted molar refractivity (Wildman–Crippen MR) is 73.0 cm³/mol. The number of hydrogen-bond donors (Lipinski definition) is 2. The van der Waals surface area contributed by atoms with E-state index >= 15 is 0 Å². The molecule has 2 rings (SSSR count). The standard InChI is InChI=1S/C12H8ClF3N2O2S/c13-8-5-7(1-2-11(8)17)18-21(19,20)12-9(15)3-6(14)4-10(12)16/h1-5,18H,17H2. The molecule has 0 atom stereocenters. The second-order valence-electron chi connectivity index (χ2n) is 4.04. The lowest BCUT2D eigenvalue weighted by molar-refractivity contribution is 0.498. The number of nitrogens with one attached hydrogen (secondary N) is 1. The van der Waals surface area contributed by atoms with E-state index in [1.165, 1.54) is 18.2 Å². The Balaban J connectivity index is 2.46. The van der Waals surface area contributed by atoms with Crippen LogP contribution in [0.15, 0.2) is 35.2 Å². The molecule has 2 aromatic carbocycles. The Kier molecular flexibility index (Phi) is 4.02. The molecule has 112 valence electrons. The first-order valence-electron chi connectivity index (χ1n) is 5.43. The lowest BCUT2D eigenvalue weighted by Gasteiger charge is -2.10. The summed E-state index contributed by atoms with van der Waals surface area (Å²) in [5, 5.41) is 0.0650. The second kappa shape index (κ2) is 5.45. The minimum atomic E-state index is -4.59. The van der Waals surface area contributed by atoms with Gasteiger partial charge in [-0.1, -0.05) is 11.6 Å². The van der Waals surface area contributed by atoms with Crippen LogP contribution in [-0.4, -0.2) is 8.42 Å². The molecule has 0 bridgehead atoms. The highest BCUT2D eigenvalue weighted by molar-refractivity contribution is 7.92. The van der Waals surface area contributed by atoms with Crippen LogP contribution in [0, 0.1) is 17.5 Å². The van der Waals surface area contributed by atoms with Gasteiger partial charge in [-0.3, -0.25) is 4.72 Å². The molecule has 0 radical (unpaired) electrons. The molecule has 0 spiro atoms. The van der Waals surface area contributed by atoms with Gasteiger partial charge >= 0.3 is 0 Å². The molecular formula is C12H8ClF3N2O2S. The maximum atomic E-state index is 13.5. The summed E-state index contributed by atoms with van der Waals surface area (Å²) in [6.07, 6.45) is 0. The van der Waals surface area contributed by atoms with Gasteiger partial charge < -0.3 is 5.73 Å². The predicted octanol–water partition coefficient (Wildman–Crippen LogP) is 3.14. The molecule has 21 heavy (non-hydrogen) atoms. The third-order valence-corrected chi connectivity index (χ3v) is 4.24. The average molecular weight is 337 g/mol. The van der Waals surface area contributed by atoms with Crippen molar-refractivity contribution in [3.05, 3.63) is 52.8 Å². The molecule has 0 saturated heterocycles.